The number of ether oxygens (including phenoxy) is 1. The molecule has 0 saturated heterocycles. The molecule has 1 aliphatic heterocycles. The average Bonchev–Trinajstić information content (AvgIpc) is 2.27. The maximum absolute atomic E-state index is 11.9. The van der Waals surface area contributed by atoms with E-state index in [4.69, 9.17) is 4.74 Å². The van der Waals surface area contributed by atoms with Crippen LogP contribution in [-0.4, -0.2) is 26.1 Å². The molecule has 0 atom stereocenters. The van der Waals surface area contributed by atoms with Gasteiger partial charge in [-0.25, -0.2) is 0 Å². The molecule has 0 aromatic heterocycles. The lowest BCUT2D eigenvalue weighted by atomic mass is 9.92. The zero-order valence-electron chi connectivity index (χ0n) is 12.1. The number of carbonyl (C=O) groups is 1. The number of nitrogens with zero attached hydrogens (tertiary/aromatic N) is 1. The van der Waals surface area contributed by atoms with E-state index in [1.54, 1.807) is 0 Å². The summed E-state index contributed by atoms with van der Waals surface area (Å²) in [6.07, 6.45) is 0.510. The monoisotopic (exact) mass is 262 g/mol. The van der Waals surface area contributed by atoms with Crippen LogP contribution >= 0.6 is 0 Å². The Morgan fingerprint density at radius 3 is 2.84 bits per heavy atom. The van der Waals surface area contributed by atoms with E-state index < -0.39 is 0 Å². The lowest BCUT2D eigenvalue weighted by Crippen LogP contribution is -2.29. The van der Waals surface area contributed by atoms with Crippen molar-refractivity contribution in [1.82, 2.24) is 0 Å². The van der Waals surface area contributed by atoms with Crippen molar-refractivity contribution in [2.24, 2.45) is 5.41 Å². The Morgan fingerprint density at radius 1 is 1.42 bits per heavy atom. The molecule has 0 aliphatic carbocycles. The van der Waals surface area contributed by atoms with E-state index in [2.05, 4.69) is 31.0 Å². The average molecular weight is 262 g/mol. The summed E-state index contributed by atoms with van der Waals surface area (Å²) in [7, 11) is 2.03. The summed E-state index contributed by atoms with van der Waals surface area (Å²) < 4.78 is 5.58. The molecule has 0 spiro atoms. The molecule has 1 aromatic carbocycles. The van der Waals surface area contributed by atoms with E-state index >= 15 is 0 Å². The standard InChI is InChI=1S/C15H22N2O2/c1-15(2,3)10-14(18)16-11-5-6-13-12(9-11)17(4)7-8-19-13/h5-6,9H,7-8,10H2,1-4H3,(H,16,18). The Morgan fingerprint density at radius 2 is 2.16 bits per heavy atom. The van der Waals surface area contributed by atoms with Crippen LogP contribution in [0.2, 0.25) is 0 Å². The highest BCUT2D eigenvalue weighted by Gasteiger charge is 2.18. The second-order valence-electron chi connectivity index (χ2n) is 6.24. The summed E-state index contributed by atoms with van der Waals surface area (Å²) in [5.41, 5.74) is 1.85. The maximum atomic E-state index is 11.9. The van der Waals surface area contributed by atoms with Gasteiger partial charge in [-0.1, -0.05) is 20.8 Å². The molecule has 4 heteroatoms. The van der Waals surface area contributed by atoms with Gasteiger partial charge in [0.1, 0.15) is 12.4 Å². The number of likely N-dealkylation sites (N-methyl/N-ethyl adjacent to an activating group) is 1. The molecule has 0 unspecified atom stereocenters. The van der Waals surface area contributed by atoms with E-state index in [1.165, 1.54) is 0 Å². The molecule has 0 fully saturated rings. The van der Waals surface area contributed by atoms with E-state index in [0.29, 0.717) is 13.0 Å². The predicted octanol–water partition coefficient (Wildman–Crippen LogP) is 2.89. The van der Waals surface area contributed by atoms with Crippen molar-refractivity contribution in [3.05, 3.63) is 18.2 Å². The number of fused-ring (bicyclic) bond motifs is 1. The molecule has 0 radical (unpaired) electrons. The molecule has 1 N–H and O–H groups in total. The van der Waals surface area contributed by atoms with E-state index in [0.717, 1.165) is 23.7 Å². The fourth-order valence-electron chi connectivity index (χ4n) is 2.12. The van der Waals surface area contributed by atoms with Crippen LogP contribution in [0.5, 0.6) is 5.75 Å². The van der Waals surface area contributed by atoms with Crippen molar-refractivity contribution >= 4 is 17.3 Å². The molecular formula is C15H22N2O2. The molecule has 1 aromatic rings. The zero-order chi connectivity index (χ0) is 14.0. The lowest BCUT2D eigenvalue weighted by Gasteiger charge is -2.28. The molecule has 2 rings (SSSR count). The van der Waals surface area contributed by atoms with Gasteiger partial charge in [0.25, 0.3) is 0 Å². The largest absolute Gasteiger partial charge is 0.490 e. The van der Waals surface area contributed by atoms with Gasteiger partial charge in [-0.15, -0.1) is 0 Å². The number of amides is 1. The van der Waals surface area contributed by atoms with Crippen molar-refractivity contribution in [3.8, 4) is 5.75 Å². The number of hydrogen-bond donors (Lipinski definition) is 1. The van der Waals surface area contributed by atoms with Gasteiger partial charge >= 0.3 is 0 Å². The van der Waals surface area contributed by atoms with E-state index in [-0.39, 0.29) is 11.3 Å². The second-order valence-corrected chi connectivity index (χ2v) is 6.24. The molecule has 0 saturated carbocycles. The Bertz CT molecular complexity index is 478. The quantitative estimate of drug-likeness (QED) is 0.891. The number of carbonyl (C=O) groups excluding carboxylic acids is 1. The minimum absolute atomic E-state index is 0.00179. The van der Waals surface area contributed by atoms with Gasteiger partial charge < -0.3 is 15.0 Å². The van der Waals surface area contributed by atoms with Crippen LogP contribution in [-0.2, 0) is 4.79 Å². The van der Waals surface area contributed by atoms with E-state index in [1.807, 2.05) is 25.2 Å². The highest BCUT2D eigenvalue weighted by atomic mass is 16.5. The van der Waals surface area contributed by atoms with Crippen LogP contribution in [0.15, 0.2) is 18.2 Å². The van der Waals surface area contributed by atoms with Crippen LogP contribution < -0.4 is 15.0 Å². The zero-order valence-corrected chi connectivity index (χ0v) is 12.1. The molecule has 0 bridgehead atoms. The summed E-state index contributed by atoms with van der Waals surface area (Å²) in [6, 6.07) is 5.77. The fourth-order valence-corrected chi connectivity index (χ4v) is 2.12. The van der Waals surface area contributed by atoms with Gasteiger partial charge in [-0.3, -0.25) is 4.79 Å². The van der Waals surface area contributed by atoms with Gasteiger partial charge in [0, 0.05) is 19.2 Å². The van der Waals surface area contributed by atoms with Gasteiger partial charge in [-0.2, -0.15) is 0 Å². The molecular weight excluding hydrogens is 240 g/mol. The first-order valence-corrected chi connectivity index (χ1v) is 6.63. The molecule has 19 heavy (non-hydrogen) atoms. The third-order valence-corrected chi connectivity index (χ3v) is 3.03. The fraction of sp³-hybridized carbons (Fsp3) is 0.533. The highest BCUT2D eigenvalue weighted by molar-refractivity contribution is 5.92. The van der Waals surface area contributed by atoms with Gasteiger partial charge in [0.15, 0.2) is 0 Å². The normalized spacial score (nSPS) is 14.6. The van der Waals surface area contributed by atoms with Crippen LogP contribution in [0.3, 0.4) is 0 Å². The molecule has 104 valence electrons. The van der Waals surface area contributed by atoms with Gasteiger partial charge in [-0.05, 0) is 23.6 Å². The number of hydrogen-bond acceptors (Lipinski definition) is 3. The first-order valence-electron chi connectivity index (χ1n) is 6.63. The Hall–Kier alpha value is -1.71. The Kier molecular flexibility index (Phi) is 3.69. The first-order chi connectivity index (χ1) is 8.85. The highest BCUT2D eigenvalue weighted by Crippen LogP contribution is 2.33. The molecule has 1 heterocycles. The minimum atomic E-state index is -0.00179. The minimum Gasteiger partial charge on any atom is -0.490 e. The van der Waals surface area contributed by atoms with Crippen LogP contribution in [0.1, 0.15) is 27.2 Å². The predicted molar refractivity (Wildman–Crippen MR) is 77.9 cm³/mol. The lowest BCUT2D eigenvalue weighted by molar-refractivity contribution is -0.117. The van der Waals surface area contributed by atoms with Crippen molar-refractivity contribution in [2.75, 3.05) is 30.4 Å². The van der Waals surface area contributed by atoms with Crippen molar-refractivity contribution in [2.45, 2.75) is 27.2 Å². The van der Waals surface area contributed by atoms with Crippen LogP contribution in [0, 0.1) is 5.41 Å². The van der Waals surface area contributed by atoms with Gasteiger partial charge in [0.05, 0.1) is 12.2 Å². The third kappa shape index (κ3) is 3.63. The van der Waals surface area contributed by atoms with Crippen LogP contribution in [0.4, 0.5) is 11.4 Å². The summed E-state index contributed by atoms with van der Waals surface area (Å²) in [6.45, 7) is 7.74. The summed E-state index contributed by atoms with van der Waals surface area (Å²) >= 11 is 0. The number of rotatable bonds is 2. The Balaban J connectivity index is 2.10. The number of anilines is 2. The summed E-state index contributed by atoms with van der Waals surface area (Å²) in [4.78, 5) is 14.1. The van der Waals surface area contributed by atoms with E-state index in [9.17, 15) is 4.79 Å². The Labute approximate surface area is 114 Å². The molecule has 4 nitrogen and oxygen atoms in total. The summed E-state index contributed by atoms with van der Waals surface area (Å²) in [5.74, 6) is 0.925. The topological polar surface area (TPSA) is 41.6 Å². The smallest absolute Gasteiger partial charge is 0.224 e. The van der Waals surface area contributed by atoms with Crippen molar-refractivity contribution in [1.29, 1.82) is 0 Å². The van der Waals surface area contributed by atoms with Crippen LogP contribution in [0.25, 0.3) is 0 Å². The number of nitrogens with one attached hydrogen (secondary N) is 1. The van der Waals surface area contributed by atoms with Crippen molar-refractivity contribution in [3.63, 3.8) is 0 Å². The van der Waals surface area contributed by atoms with Crippen molar-refractivity contribution < 1.29 is 9.53 Å². The molecule has 1 amide bonds. The SMILES string of the molecule is CN1CCOc2ccc(NC(=O)CC(C)(C)C)cc21. The maximum Gasteiger partial charge on any atom is 0.224 e. The number of benzene rings is 1. The summed E-state index contributed by atoms with van der Waals surface area (Å²) in [5, 5.41) is 2.95. The first kappa shape index (κ1) is 13.7. The molecule has 1 aliphatic rings. The third-order valence-electron chi connectivity index (χ3n) is 3.03. The van der Waals surface area contributed by atoms with Gasteiger partial charge in [0.2, 0.25) is 5.91 Å². The second kappa shape index (κ2) is 5.11.